The molecular weight excluding hydrogens is 196 g/mol. The van der Waals surface area contributed by atoms with Crippen LogP contribution in [-0.4, -0.2) is 24.0 Å². The molecule has 2 heteroatoms. The summed E-state index contributed by atoms with van der Waals surface area (Å²) in [4.78, 5) is 2.60. The predicted molar refractivity (Wildman–Crippen MR) is 62.9 cm³/mol. The van der Waals surface area contributed by atoms with Crippen LogP contribution in [0.1, 0.15) is 24.0 Å². The van der Waals surface area contributed by atoms with Gasteiger partial charge in [-0.15, -0.1) is 0 Å². The number of nitrogens with zero attached hydrogens (tertiary/aromatic N) is 2. The number of hydrogen-bond donors (Lipinski definition) is 0. The van der Waals surface area contributed by atoms with Crippen LogP contribution in [0.15, 0.2) is 24.3 Å². The minimum Gasteiger partial charge on any atom is -0.300 e. The van der Waals surface area contributed by atoms with Gasteiger partial charge in [-0.1, -0.05) is 18.2 Å². The van der Waals surface area contributed by atoms with E-state index in [0.717, 1.165) is 30.5 Å². The molecule has 3 fully saturated rings. The summed E-state index contributed by atoms with van der Waals surface area (Å²) in [5.74, 6) is 0.983. The van der Waals surface area contributed by atoms with Crippen molar-refractivity contribution in [1.82, 2.24) is 4.90 Å². The van der Waals surface area contributed by atoms with E-state index in [9.17, 15) is 0 Å². The van der Waals surface area contributed by atoms with Gasteiger partial charge in [-0.25, -0.2) is 0 Å². The molecule has 2 nitrogen and oxygen atoms in total. The van der Waals surface area contributed by atoms with E-state index in [4.69, 9.17) is 5.26 Å². The highest BCUT2D eigenvalue weighted by Gasteiger charge is 2.41. The molecule has 0 N–H and O–H groups in total. The molecular formula is C14H16N2. The summed E-state index contributed by atoms with van der Waals surface area (Å²) in [6.45, 7) is 2.42. The Labute approximate surface area is 96.5 Å². The molecule has 1 aromatic carbocycles. The summed E-state index contributed by atoms with van der Waals surface area (Å²) >= 11 is 0. The van der Waals surface area contributed by atoms with E-state index in [2.05, 4.69) is 17.0 Å². The zero-order valence-corrected chi connectivity index (χ0v) is 9.39. The van der Waals surface area contributed by atoms with Crippen LogP contribution in [0.3, 0.4) is 0 Å². The van der Waals surface area contributed by atoms with Crippen LogP contribution in [0.2, 0.25) is 0 Å². The van der Waals surface area contributed by atoms with E-state index in [0.29, 0.717) is 0 Å². The monoisotopic (exact) mass is 212 g/mol. The molecule has 0 spiro atoms. The Morgan fingerprint density at radius 3 is 2.81 bits per heavy atom. The van der Waals surface area contributed by atoms with E-state index < -0.39 is 0 Å². The van der Waals surface area contributed by atoms with Crippen molar-refractivity contribution in [3.63, 3.8) is 0 Å². The average molecular weight is 212 g/mol. The van der Waals surface area contributed by atoms with Crippen molar-refractivity contribution in [2.75, 3.05) is 13.1 Å². The molecule has 2 heterocycles. The lowest BCUT2D eigenvalue weighted by Crippen LogP contribution is -2.30. The second kappa shape index (κ2) is 3.92. The van der Waals surface area contributed by atoms with E-state index in [1.807, 2.05) is 18.2 Å². The van der Waals surface area contributed by atoms with E-state index >= 15 is 0 Å². The van der Waals surface area contributed by atoms with Gasteiger partial charge in [0.25, 0.3) is 0 Å². The Morgan fingerprint density at radius 2 is 2.12 bits per heavy atom. The molecule has 2 aliphatic heterocycles. The smallest absolute Gasteiger partial charge is 0.0994 e. The number of benzene rings is 1. The lowest BCUT2D eigenvalue weighted by Gasteiger charge is -2.25. The highest BCUT2D eigenvalue weighted by atomic mass is 15.2. The topological polar surface area (TPSA) is 27.0 Å². The predicted octanol–water partition coefficient (Wildman–Crippen LogP) is 2.19. The number of nitriles is 1. The largest absolute Gasteiger partial charge is 0.300 e. The van der Waals surface area contributed by atoms with Crippen molar-refractivity contribution in [2.45, 2.75) is 25.3 Å². The molecule has 0 amide bonds. The highest BCUT2D eigenvalue weighted by molar-refractivity contribution is 5.37. The van der Waals surface area contributed by atoms with Crippen LogP contribution in [0.25, 0.3) is 0 Å². The van der Waals surface area contributed by atoms with Gasteiger partial charge >= 0.3 is 0 Å². The Bertz CT molecular complexity index is 427. The van der Waals surface area contributed by atoms with Gasteiger partial charge in [0.2, 0.25) is 0 Å². The number of rotatable bonds is 3. The first kappa shape index (κ1) is 9.86. The molecule has 0 unspecified atom stereocenters. The van der Waals surface area contributed by atoms with Crippen molar-refractivity contribution in [3.8, 4) is 6.07 Å². The van der Waals surface area contributed by atoms with E-state index in [1.54, 1.807) is 0 Å². The Kier molecular flexibility index (Phi) is 2.41. The first-order valence-corrected chi connectivity index (χ1v) is 6.09. The molecule has 0 radical (unpaired) electrons. The summed E-state index contributed by atoms with van der Waals surface area (Å²) < 4.78 is 0. The molecule has 1 saturated carbocycles. The van der Waals surface area contributed by atoms with Crippen molar-refractivity contribution in [1.29, 1.82) is 5.26 Å². The normalized spacial score (nSPS) is 27.4. The molecule has 0 atom stereocenters. The summed E-state index contributed by atoms with van der Waals surface area (Å²) in [5.41, 5.74) is 2.04. The second-order valence-electron chi connectivity index (χ2n) is 5.01. The molecule has 0 aromatic heterocycles. The van der Waals surface area contributed by atoms with Crippen LogP contribution in [0.4, 0.5) is 0 Å². The number of fused-ring (bicyclic) bond motifs is 1. The van der Waals surface area contributed by atoms with Crippen LogP contribution >= 0.6 is 0 Å². The molecule has 2 bridgehead atoms. The zero-order valence-electron chi connectivity index (χ0n) is 9.39. The maximum atomic E-state index is 9.01. The van der Waals surface area contributed by atoms with Gasteiger partial charge in [0.15, 0.2) is 0 Å². The molecule has 2 saturated heterocycles. The summed E-state index contributed by atoms with van der Waals surface area (Å²) in [6, 6.07) is 11.1. The average Bonchev–Trinajstić information content (AvgIpc) is 2.85. The van der Waals surface area contributed by atoms with Gasteiger partial charge < -0.3 is 0 Å². The van der Waals surface area contributed by atoms with Crippen LogP contribution in [0, 0.1) is 17.2 Å². The third-order valence-electron chi connectivity index (χ3n) is 4.03. The van der Waals surface area contributed by atoms with Gasteiger partial charge in [-0.2, -0.15) is 5.26 Å². The number of hydrogen-bond acceptors (Lipinski definition) is 2. The van der Waals surface area contributed by atoms with Gasteiger partial charge in [-0.05, 0) is 36.8 Å². The quantitative estimate of drug-likeness (QED) is 0.768. The van der Waals surface area contributed by atoms with Gasteiger partial charge in [0.05, 0.1) is 11.6 Å². The third kappa shape index (κ3) is 1.62. The van der Waals surface area contributed by atoms with E-state index in [1.165, 1.54) is 24.9 Å². The van der Waals surface area contributed by atoms with Crippen molar-refractivity contribution < 1.29 is 0 Å². The molecule has 82 valence electrons. The van der Waals surface area contributed by atoms with Gasteiger partial charge in [0.1, 0.15) is 0 Å². The van der Waals surface area contributed by atoms with Crippen molar-refractivity contribution >= 4 is 0 Å². The highest BCUT2D eigenvalue weighted by Crippen LogP contribution is 2.40. The maximum Gasteiger partial charge on any atom is 0.0994 e. The Morgan fingerprint density at radius 1 is 1.31 bits per heavy atom. The molecule has 3 aliphatic rings. The Balaban J connectivity index is 1.64. The van der Waals surface area contributed by atoms with E-state index in [-0.39, 0.29) is 0 Å². The summed E-state index contributed by atoms with van der Waals surface area (Å²) in [7, 11) is 0. The summed E-state index contributed by atoms with van der Waals surface area (Å²) in [6.07, 6.45) is 3.85. The first-order valence-electron chi connectivity index (χ1n) is 6.09. The fraction of sp³-hybridized carbons (Fsp3) is 0.500. The third-order valence-corrected chi connectivity index (χ3v) is 4.03. The SMILES string of the molecule is N#Cc1ccccc1CCN1CC2CC1C2. The van der Waals surface area contributed by atoms with Crippen LogP contribution < -0.4 is 0 Å². The lowest BCUT2D eigenvalue weighted by atomic mass is 9.86. The minimum atomic E-state index is 0.842. The Hall–Kier alpha value is -1.33. The van der Waals surface area contributed by atoms with Gasteiger partial charge in [-0.3, -0.25) is 4.90 Å². The van der Waals surface area contributed by atoms with Crippen LogP contribution in [0.5, 0.6) is 0 Å². The first-order chi connectivity index (χ1) is 7.86. The molecule has 1 aliphatic carbocycles. The lowest BCUT2D eigenvalue weighted by molar-refractivity contribution is 0.249. The molecule has 1 aromatic rings. The van der Waals surface area contributed by atoms with Gasteiger partial charge in [0, 0.05) is 19.1 Å². The standard InChI is InChI=1S/C14H16N2/c15-9-13-4-2-1-3-12(13)5-6-16-10-11-7-14(16)8-11/h1-4,11,14H,5-8,10H2. The van der Waals surface area contributed by atoms with Crippen LogP contribution in [-0.2, 0) is 6.42 Å². The summed E-state index contributed by atoms with van der Waals surface area (Å²) in [5, 5.41) is 9.01. The minimum absolute atomic E-state index is 0.842. The molecule has 16 heavy (non-hydrogen) atoms. The fourth-order valence-corrected chi connectivity index (χ4v) is 3.01. The fourth-order valence-electron chi connectivity index (χ4n) is 3.01. The van der Waals surface area contributed by atoms with Crippen molar-refractivity contribution in [2.24, 2.45) is 5.92 Å². The maximum absolute atomic E-state index is 9.01. The zero-order chi connectivity index (χ0) is 11.0. The second-order valence-corrected chi connectivity index (χ2v) is 5.01. The van der Waals surface area contributed by atoms with Crippen molar-refractivity contribution in [3.05, 3.63) is 35.4 Å². The molecule has 4 rings (SSSR count).